The number of halogens is 1. The van der Waals surface area contributed by atoms with Crippen LogP contribution in [0.15, 0.2) is 59.9 Å². The summed E-state index contributed by atoms with van der Waals surface area (Å²) in [6, 6.07) is 12.9. The Morgan fingerprint density at radius 3 is 2.73 bits per heavy atom. The molecule has 0 bridgehead atoms. The van der Waals surface area contributed by atoms with Crippen LogP contribution in [0.2, 0.25) is 5.02 Å². The van der Waals surface area contributed by atoms with Gasteiger partial charge in [-0.15, -0.1) is 21.5 Å². The first-order chi connectivity index (χ1) is 27.2. The number of hydrogen-bond donors (Lipinski definition) is 2. The van der Waals surface area contributed by atoms with E-state index in [1.54, 1.807) is 16.2 Å². The molecule has 56 heavy (non-hydrogen) atoms. The molecule has 2 N–H and O–H groups in total. The standard InChI is InChI=1S/C41H41ClN10O3S/c1-24-35(56-41-36(24)37(29-9-11-30(42)12-10-29)45-25(2)38-47-46-26(3)52(38)41)13-8-27-19-44-50(22-27)16-5-15-49-20-28(21-49)18-43-33-7-4-6-31-32(33)23-51(40(31)54)34-14-17-55-48-39(34)53/h4,6-7,9-12,19,22,25,28,34,43H,5,14-18,20-21,23H2,1-3H3,(H,48,53)/t25-,34?/m0/s1. The molecule has 4 aliphatic rings. The van der Waals surface area contributed by atoms with E-state index < -0.39 is 6.04 Å². The summed E-state index contributed by atoms with van der Waals surface area (Å²) in [7, 11) is 0. The maximum absolute atomic E-state index is 13.1. The van der Waals surface area contributed by atoms with Crippen molar-refractivity contribution in [3.05, 3.63) is 110 Å². The molecule has 0 saturated carbocycles. The molecule has 0 aliphatic carbocycles. The minimum atomic E-state index is -0.505. The first-order valence-electron chi connectivity index (χ1n) is 19.0. The van der Waals surface area contributed by atoms with Gasteiger partial charge in [0.1, 0.15) is 22.9 Å². The molecule has 2 aromatic carbocycles. The lowest BCUT2D eigenvalue weighted by Crippen LogP contribution is -2.51. The lowest BCUT2D eigenvalue weighted by molar-refractivity contribution is -0.146. The van der Waals surface area contributed by atoms with E-state index in [4.69, 9.17) is 21.4 Å². The van der Waals surface area contributed by atoms with Crippen molar-refractivity contribution in [2.45, 2.75) is 58.8 Å². The molecule has 2 saturated heterocycles. The number of aryl methyl sites for hydroxylation is 2. The Morgan fingerprint density at radius 1 is 1.07 bits per heavy atom. The molecular weight excluding hydrogens is 748 g/mol. The summed E-state index contributed by atoms with van der Waals surface area (Å²) in [5, 5.41) is 18.8. The fourth-order valence-corrected chi connectivity index (χ4v) is 9.38. The van der Waals surface area contributed by atoms with Gasteiger partial charge in [0, 0.05) is 84.2 Å². The van der Waals surface area contributed by atoms with E-state index in [1.165, 1.54) is 0 Å². The molecular formula is C41H41ClN10O3S. The Labute approximate surface area is 333 Å². The van der Waals surface area contributed by atoms with Crippen molar-refractivity contribution >= 4 is 46.2 Å². The second-order valence-corrected chi connectivity index (χ2v) is 16.3. The van der Waals surface area contributed by atoms with Crippen LogP contribution in [0.4, 0.5) is 5.69 Å². The number of rotatable bonds is 9. The van der Waals surface area contributed by atoms with Gasteiger partial charge >= 0.3 is 0 Å². The van der Waals surface area contributed by atoms with Gasteiger partial charge in [-0.1, -0.05) is 41.6 Å². The van der Waals surface area contributed by atoms with Gasteiger partial charge in [-0.2, -0.15) is 5.10 Å². The largest absolute Gasteiger partial charge is 0.384 e. The van der Waals surface area contributed by atoms with Crippen molar-refractivity contribution in [2.24, 2.45) is 10.9 Å². The summed E-state index contributed by atoms with van der Waals surface area (Å²) in [4.78, 5) is 40.8. The number of aliphatic imine (C=N–C) groups is 1. The van der Waals surface area contributed by atoms with E-state index in [0.717, 1.165) is 99.9 Å². The monoisotopic (exact) mass is 788 g/mol. The average molecular weight is 789 g/mol. The predicted molar refractivity (Wildman–Crippen MR) is 214 cm³/mol. The van der Waals surface area contributed by atoms with E-state index in [0.29, 0.717) is 36.1 Å². The normalized spacial score (nSPS) is 19.3. The van der Waals surface area contributed by atoms with Gasteiger partial charge in [0.15, 0.2) is 5.82 Å². The fourth-order valence-electron chi connectivity index (χ4n) is 8.04. The zero-order valence-electron chi connectivity index (χ0n) is 31.4. The quantitative estimate of drug-likeness (QED) is 0.192. The number of carbonyl (C=O) groups is 2. The van der Waals surface area contributed by atoms with Crippen molar-refractivity contribution in [2.75, 3.05) is 38.1 Å². The fraction of sp³-hybridized carbons (Fsp3) is 0.366. The number of benzene rings is 2. The number of nitrogens with one attached hydrogen (secondary N) is 2. The Hall–Kier alpha value is -5.33. The molecule has 0 radical (unpaired) electrons. The van der Waals surface area contributed by atoms with Crippen LogP contribution in [0.25, 0.3) is 5.00 Å². The minimum absolute atomic E-state index is 0.0973. The lowest BCUT2D eigenvalue weighted by atomic mass is 9.99. The molecule has 3 aromatic heterocycles. The number of aromatic nitrogens is 5. The summed E-state index contributed by atoms with van der Waals surface area (Å²) >= 11 is 7.88. The Kier molecular flexibility index (Phi) is 9.70. The molecule has 9 rings (SSSR count). The molecule has 7 heterocycles. The van der Waals surface area contributed by atoms with Crippen molar-refractivity contribution < 1.29 is 14.4 Å². The number of thiophene rings is 1. The van der Waals surface area contributed by atoms with E-state index in [-0.39, 0.29) is 17.9 Å². The topological polar surface area (TPSA) is 135 Å². The molecule has 5 aromatic rings. The Morgan fingerprint density at radius 2 is 1.91 bits per heavy atom. The highest BCUT2D eigenvalue weighted by atomic mass is 35.5. The van der Waals surface area contributed by atoms with Gasteiger partial charge in [-0.25, -0.2) is 5.48 Å². The van der Waals surface area contributed by atoms with Crippen LogP contribution in [0.1, 0.15) is 80.5 Å². The highest BCUT2D eigenvalue weighted by Crippen LogP contribution is 2.39. The zero-order chi connectivity index (χ0) is 38.5. The van der Waals surface area contributed by atoms with Crippen LogP contribution >= 0.6 is 22.9 Å². The molecule has 286 valence electrons. The maximum Gasteiger partial charge on any atom is 0.266 e. The van der Waals surface area contributed by atoms with Crippen LogP contribution in [0, 0.1) is 31.6 Å². The molecule has 2 fully saturated rings. The Bertz CT molecular complexity index is 2430. The zero-order valence-corrected chi connectivity index (χ0v) is 33.0. The van der Waals surface area contributed by atoms with Gasteiger partial charge in [-0.3, -0.25) is 28.7 Å². The van der Waals surface area contributed by atoms with Crippen LogP contribution < -0.4 is 10.8 Å². The first-order valence-corrected chi connectivity index (χ1v) is 20.2. The third-order valence-electron chi connectivity index (χ3n) is 11.0. The highest BCUT2D eigenvalue weighted by Gasteiger charge is 2.39. The molecule has 1 unspecified atom stereocenters. The van der Waals surface area contributed by atoms with Gasteiger partial charge in [0.25, 0.3) is 11.8 Å². The molecule has 13 nitrogen and oxygen atoms in total. The van der Waals surface area contributed by atoms with E-state index in [1.807, 2.05) is 73.4 Å². The summed E-state index contributed by atoms with van der Waals surface area (Å²) in [6.45, 7) is 11.6. The van der Waals surface area contributed by atoms with Gasteiger partial charge in [0.05, 0.1) is 29.0 Å². The van der Waals surface area contributed by atoms with Crippen LogP contribution in [0.3, 0.4) is 0 Å². The average Bonchev–Trinajstić information content (AvgIpc) is 3.94. The number of nitrogens with zero attached hydrogens (tertiary/aromatic N) is 8. The van der Waals surface area contributed by atoms with Gasteiger partial charge < -0.3 is 15.1 Å². The van der Waals surface area contributed by atoms with Crippen molar-refractivity contribution in [1.82, 2.24) is 39.8 Å². The van der Waals surface area contributed by atoms with E-state index in [2.05, 4.69) is 54.3 Å². The number of anilines is 1. The molecule has 2 amide bonds. The third-order valence-corrected chi connectivity index (χ3v) is 12.4. The number of carbonyl (C=O) groups excluding carboxylic acids is 2. The second kappa shape index (κ2) is 15.0. The first kappa shape index (κ1) is 36.3. The van der Waals surface area contributed by atoms with Crippen LogP contribution in [-0.2, 0) is 22.7 Å². The molecule has 15 heteroatoms. The number of hydrogen-bond acceptors (Lipinski definition) is 10. The number of likely N-dealkylation sites (tertiary alicyclic amines) is 1. The van der Waals surface area contributed by atoms with E-state index in [9.17, 15) is 9.59 Å². The highest BCUT2D eigenvalue weighted by molar-refractivity contribution is 7.15. The molecule has 4 aliphatic heterocycles. The SMILES string of the molecule is Cc1c(C#Cc2cnn(CCCN3CC(CNc4cccc5c4CN(C4CCONC4=O)C5=O)C3)c2)sc2c1C(c1ccc(Cl)cc1)=N[C@@H](C)c1nnc(C)n1-2. The lowest BCUT2D eigenvalue weighted by Gasteiger charge is -2.39. The number of fused-ring (bicyclic) bond motifs is 4. The van der Waals surface area contributed by atoms with Crippen LogP contribution in [-0.4, -0.2) is 90.7 Å². The molecule has 2 atom stereocenters. The smallest absolute Gasteiger partial charge is 0.266 e. The Balaban J connectivity index is 0.793. The summed E-state index contributed by atoms with van der Waals surface area (Å²) in [6.07, 6.45) is 5.34. The van der Waals surface area contributed by atoms with Crippen molar-refractivity contribution in [1.29, 1.82) is 0 Å². The minimum Gasteiger partial charge on any atom is -0.384 e. The van der Waals surface area contributed by atoms with Gasteiger partial charge in [-0.05, 0) is 63.6 Å². The summed E-state index contributed by atoms with van der Waals surface area (Å²) < 4.78 is 4.09. The van der Waals surface area contributed by atoms with Crippen molar-refractivity contribution in [3.8, 4) is 16.8 Å². The maximum atomic E-state index is 13.1. The molecule has 0 spiro atoms. The van der Waals surface area contributed by atoms with Crippen molar-refractivity contribution in [3.63, 3.8) is 0 Å². The number of amides is 2. The van der Waals surface area contributed by atoms with Crippen LogP contribution in [0.5, 0.6) is 0 Å². The summed E-state index contributed by atoms with van der Waals surface area (Å²) in [5.74, 6) is 8.60. The predicted octanol–water partition coefficient (Wildman–Crippen LogP) is 5.32. The number of hydroxylamine groups is 1. The van der Waals surface area contributed by atoms with E-state index >= 15 is 0 Å². The second-order valence-electron chi connectivity index (χ2n) is 14.8. The summed E-state index contributed by atoms with van der Waals surface area (Å²) in [5.41, 5.74) is 9.91. The third kappa shape index (κ3) is 6.79. The van der Waals surface area contributed by atoms with Gasteiger partial charge in [0.2, 0.25) is 0 Å².